The van der Waals surface area contributed by atoms with Crippen molar-refractivity contribution in [1.82, 2.24) is 15.3 Å². The molecule has 2 heterocycles. The van der Waals surface area contributed by atoms with Crippen LogP contribution in [0.5, 0.6) is 0 Å². The summed E-state index contributed by atoms with van der Waals surface area (Å²) in [5.41, 5.74) is 0.228. The summed E-state index contributed by atoms with van der Waals surface area (Å²) in [5.74, 6) is -2.82. The summed E-state index contributed by atoms with van der Waals surface area (Å²) in [6, 6.07) is 4.73. The number of oxime groups is 1. The average molecular weight is 453 g/mol. The molecule has 2 aromatic carbocycles. The molecule has 0 saturated carbocycles. The molecule has 1 fully saturated rings. The van der Waals surface area contributed by atoms with E-state index in [9.17, 15) is 18.4 Å². The first-order chi connectivity index (χ1) is 15.0. The van der Waals surface area contributed by atoms with Crippen LogP contribution in [-0.2, 0) is 0 Å². The number of amidine groups is 1. The SMILES string of the molecule is ON=C(Nc1ccc(F)c(Cl)c1)c1cc(F)c(F)c2nc(NC3CCCCNC3)[nH]c12. The normalized spacial score (nSPS) is 17.5. The van der Waals surface area contributed by atoms with Crippen molar-refractivity contribution in [1.29, 1.82) is 0 Å². The third kappa shape index (κ3) is 4.54. The standard InChI is InChI=1S/C20H20ClF3N6O/c21-13-7-10(4-5-14(13)22)26-19(30-31)12-8-15(23)16(24)18-17(12)28-20(29-18)27-11-3-1-2-6-25-9-11/h4-5,7-8,11,25,31H,1-3,6,9H2,(H,26,30)(H2,27,28,29). The Bertz CT molecular complexity index is 1130. The maximum Gasteiger partial charge on any atom is 0.201 e. The fourth-order valence-corrected chi connectivity index (χ4v) is 3.73. The summed E-state index contributed by atoms with van der Waals surface area (Å²) in [6.07, 6.45) is 3.01. The fraction of sp³-hybridized carbons (Fsp3) is 0.300. The quantitative estimate of drug-likeness (QED) is 0.174. The number of anilines is 2. The number of rotatable bonds is 4. The van der Waals surface area contributed by atoms with E-state index in [4.69, 9.17) is 11.6 Å². The second-order valence-corrected chi connectivity index (χ2v) is 7.68. The summed E-state index contributed by atoms with van der Waals surface area (Å²) in [4.78, 5) is 7.11. The second-order valence-electron chi connectivity index (χ2n) is 7.27. The molecule has 31 heavy (non-hydrogen) atoms. The first-order valence-electron chi connectivity index (χ1n) is 9.75. The maximum absolute atomic E-state index is 14.4. The van der Waals surface area contributed by atoms with Gasteiger partial charge in [-0.3, -0.25) is 0 Å². The van der Waals surface area contributed by atoms with Crippen LogP contribution in [0.1, 0.15) is 24.8 Å². The predicted molar refractivity (Wildman–Crippen MR) is 113 cm³/mol. The molecule has 11 heteroatoms. The summed E-state index contributed by atoms with van der Waals surface area (Å²) < 4.78 is 42.1. The highest BCUT2D eigenvalue weighted by Crippen LogP contribution is 2.27. The van der Waals surface area contributed by atoms with Gasteiger partial charge in [-0.1, -0.05) is 23.2 Å². The molecular formula is C20H20ClF3N6O. The van der Waals surface area contributed by atoms with Crippen LogP contribution in [0.3, 0.4) is 0 Å². The van der Waals surface area contributed by atoms with E-state index in [-0.39, 0.29) is 39.4 Å². The van der Waals surface area contributed by atoms with Crippen LogP contribution in [0.15, 0.2) is 29.4 Å². The number of halogens is 4. The van der Waals surface area contributed by atoms with Gasteiger partial charge in [-0.05, 0) is 43.7 Å². The van der Waals surface area contributed by atoms with Crippen LogP contribution in [-0.4, -0.2) is 40.1 Å². The molecule has 1 aliphatic heterocycles. The van der Waals surface area contributed by atoms with Crippen molar-refractivity contribution in [2.75, 3.05) is 23.7 Å². The van der Waals surface area contributed by atoms with Crippen molar-refractivity contribution in [3.05, 3.63) is 52.3 Å². The first-order valence-corrected chi connectivity index (χ1v) is 10.1. The smallest absolute Gasteiger partial charge is 0.201 e. The number of aromatic nitrogens is 2. The Morgan fingerprint density at radius 1 is 1.19 bits per heavy atom. The number of H-pyrrole nitrogens is 1. The van der Waals surface area contributed by atoms with Crippen LogP contribution in [0.2, 0.25) is 5.02 Å². The Balaban J connectivity index is 1.69. The molecular weight excluding hydrogens is 433 g/mol. The first kappa shape index (κ1) is 21.3. The zero-order chi connectivity index (χ0) is 22.0. The van der Waals surface area contributed by atoms with Crippen molar-refractivity contribution >= 4 is 40.1 Å². The molecule has 1 aliphatic rings. The molecule has 1 atom stereocenters. The molecule has 5 N–H and O–H groups in total. The van der Waals surface area contributed by atoms with E-state index in [1.807, 2.05) is 0 Å². The predicted octanol–water partition coefficient (Wildman–Crippen LogP) is 4.44. The lowest BCUT2D eigenvalue weighted by Crippen LogP contribution is -2.31. The van der Waals surface area contributed by atoms with Gasteiger partial charge in [0.25, 0.3) is 0 Å². The van der Waals surface area contributed by atoms with Gasteiger partial charge >= 0.3 is 0 Å². The average Bonchev–Trinajstić information content (AvgIpc) is 3.00. The third-order valence-electron chi connectivity index (χ3n) is 5.09. The van der Waals surface area contributed by atoms with E-state index in [1.54, 1.807) is 0 Å². The van der Waals surface area contributed by atoms with Crippen LogP contribution in [0.25, 0.3) is 11.0 Å². The van der Waals surface area contributed by atoms with Crippen LogP contribution in [0.4, 0.5) is 24.8 Å². The lowest BCUT2D eigenvalue weighted by Gasteiger charge is -2.15. The van der Waals surface area contributed by atoms with Crippen LogP contribution in [0, 0.1) is 17.5 Å². The minimum Gasteiger partial charge on any atom is -0.409 e. The van der Waals surface area contributed by atoms with Gasteiger partial charge in [-0.15, -0.1) is 0 Å². The molecule has 0 bridgehead atoms. The van der Waals surface area contributed by atoms with Crippen molar-refractivity contribution in [2.45, 2.75) is 25.3 Å². The molecule has 1 saturated heterocycles. The molecule has 0 spiro atoms. The Hall–Kier alpha value is -2.98. The van der Waals surface area contributed by atoms with Crippen molar-refractivity contribution in [2.24, 2.45) is 5.16 Å². The van der Waals surface area contributed by atoms with Crippen molar-refractivity contribution < 1.29 is 18.4 Å². The molecule has 4 rings (SSSR count). The molecule has 0 aliphatic carbocycles. The second kappa shape index (κ2) is 9.03. The molecule has 1 aromatic heterocycles. The van der Waals surface area contributed by atoms with E-state index >= 15 is 0 Å². The summed E-state index contributed by atoms with van der Waals surface area (Å²) in [6.45, 7) is 1.65. The summed E-state index contributed by atoms with van der Waals surface area (Å²) in [7, 11) is 0. The Labute approximate surface area is 180 Å². The highest BCUT2D eigenvalue weighted by atomic mass is 35.5. The topological polar surface area (TPSA) is 97.4 Å². The van der Waals surface area contributed by atoms with Gasteiger partial charge in [0.1, 0.15) is 11.3 Å². The molecule has 1 unspecified atom stereocenters. The molecule has 7 nitrogen and oxygen atoms in total. The number of imidazole rings is 1. The van der Waals surface area contributed by atoms with E-state index in [1.165, 1.54) is 12.1 Å². The monoisotopic (exact) mass is 452 g/mol. The lowest BCUT2D eigenvalue weighted by atomic mass is 10.1. The number of nitrogens with zero attached hydrogens (tertiary/aromatic N) is 2. The molecule has 0 radical (unpaired) electrons. The number of benzene rings is 2. The van der Waals surface area contributed by atoms with Crippen LogP contribution >= 0.6 is 11.6 Å². The summed E-state index contributed by atoms with van der Waals surface area (Å²) in [5, 5.41) is 21.8. The molecule has 0 amide bonds. The molecule has 164 valence electrons. The van der Waals surface area contributed by atoms with Gasteiger partial charge in [0.2, 0.25) is 5.95 Å². The van der Waals surface area contributed by atoms with Gasteiger partial charge in [0, 0.05) is 23.8 Å². The van der Waals surface area contributed by atoms with Gasteiger partial charge in [0.15, 0.2) is 17.5 Å². The largest absolute Gasteiger partial charge is 0.409 e. The van der Waals surface area contributed by atoms with Gasteiger partial charge < -0.3 is 26.1 Å². The van der Waals surface area contributed by atoms with E-state index in [2.05, 4.69) is 31.1 Å². The van der Waals surface area contributed by atoms with Crippen molar-refractivity contribution in [3.8, 4) is 0 Å². The maximum atomic E-state index is 14.4. The van der Waals surface area contributed by atoms with E-state index in [0.29, 0.717) is 5.69 Å². The number of aromatic amines is 1. The van der Waals surface area contributed by atoms with E-state index in [0.717, 1.165) is 44.5 Å². The minimum absolute atomic E-state index is 0.0383. The lowest BCUT2D eigenvalue weighted by molar-refractivity contribution is 0.319. The van der Waals surface area contributed by atoms with Gasteiger partial charge in [-0.25, -0.2) is 18.2 Å². The zero-order valence-corrected chi connectivity index (χ0v) is 17.0. The van der Waals surface area contributed by atoms with Gasteiger partial charge in [-0.2, -0.15) is 0 Å². The number of nitrogens with one attached hydrogen (secondary N) is 4. The van der Waals surface area contributed by atoms with Crippen LogP contribution < -0.4 is 16.0 Å². The molecule has 3 aromatic rings. The Morgan fingerprint density at radius 3 is 2.81 bits per heavy atom. The number of hydrogen-bond acceptors (Lipinski definition) is 5. The van der Waals surface area contributed by atoms with Gasteiger partial charge in [0.05, 0.1) is 10.5 Å². The third-order valence-corrected chi connectivity index (χ3v) is 5.38. The fourth-order valence-electron chi connectivity index (χ4n) is 3.55. The Morgan fingerprint density at radius 2 is 2.03 bits per heavy atom. The Kier molecular flexibility index (Phi) is 6.19. The highest BCUT2D eigenvalue weighted by molar-refractivity contribution is 6.31. The number of hydrogen-bond donors (Lipinski definition) is 5. The zero-order valence-electron chi connectivity index (χ0n) is 16.3. The highest BCUT2D eigenvalue weighted by Gasteiger charge is 2.22. The minimum atomic E-state index is -1.16. The number of fused-ring (bicyclic) bond motifs is 1. The van der Waals surface area contributed by atoms with Crippen molar-refractivity contribution in [3.63, 3.8) is 0 Å². The summed E-state index contributed by atoms with van der Waals surface area (Å²) >= 11 is 5.78. The van der Waals surface area contributed by atoms with E-state index < -0.39 is 17.5 Å².